The Hall–Kier alpha value is -3.11. The predicted molar refractivity (Wildman–Crippen MR) is 106 cm³/mol. The largest absolute Gasteiger partial charge is 0.491 e. The van der Waals surface area contributed by atoms with Crippen molar-refractivity contribution < 1.29 is 42.4 Å². The third-order valence-electron chi connectivity index (χ3n) is 3.62. The number of carboxylic acid groups (broad SMARTS) is 2. The molecular formula is C21H24F3NO6. The van der Waals surface area contributed by atoms with Crippen molar-refractivity contribution >= 4 is 11.9 Å². The van der Waals surface area contributed by atoms with Crippen LogP contribution in [0, 0.1) is 0 Å². The molecule has 0 amide bonds. The lowest BCUT2D eigenvalue weighted by molar-refractivity contribution is -0.192. The van der Waals surface area contributed by atoms with Crippen molar-refractivity contribution in [2.24, 2.45) is 0 Å². The summed E-state index contributed by atoms with van der Waals surface area (Å²) in [4.78, 5) is 19.3. The summed E-state index contributed by atoms with van der Waals surface area (Å²) in [6, 6.07) is 17.8. The van der Waals surface area contributed by atoms with Gasteiger partial charge >= 0.3 is 18.1 Å². The van der Waals surface area contributed by atoms with Crippen LogP contribution in [0.15, 0.2) is 54.6 Å². The van der Waals surface area contributed by atoms with Gasteiger partial charge in [0.05, 0.1) is 19.6 Å². The van der Waals surface area contributed by atoms with Crippen molar-refractivity contribution in [1.29, 1.82) is 0 Å². The number of rotatable bonds is 11. The minimum absolute atomic E-state index is 0.129. The van der Waals surface area contributed by atoms with Crippen molar-refractivity contribution in [3.63, 3.8) is 0 Å². The molecule has 0 unspecified atom stereocenters. The van der Waals surface area contributed by atoms with Gasteiger partial charge in [-0.3, -0.25) is 4.79 Å². The maximum absolute atomic E-state index is 10.6. The number of alkyl halides is 3. The minimum Gasteiger partial charge on any atom is -0.491 e. The van der Waals surface area contributed by atoms with Crippen LogP contribution in [0.4, 0.5) is 13.2 Å². The smallest absolute Gasteiger partial charge is 0.490 e. The van der Waals surface area contributed by atoms with E-state index in [4.69, 9.17) is 24.5 Å². The zero-order valence-electron chi connectivity index (χ0n) is 16.6. The third-order valence-corrected chi connectivity index (χ3v) is 3.62. The molecule has 0 bridgehead atoms. The summed E-state index contributed by atoms with van der Waals surface area (Å²) in [6.07, 6.45) is -4.95. The molecule has 0 aliphatic rings. The van der Waals surface area contributed by atoms with Gasteiger partial charge in [0.25, 0.3) is 0 Å². The number of benzene rings is 2. The molecule has 2 aromatic carbocycles. The van der Waals surface area contributed by atoms with E-state index in [2.05, 4.69) is 5.32 Å². The fourth-order valence-electron chi connectivity index (χ4n) is 2.11. The van der Waals surface area contributed by atoms with Gasteiger partial charge in [0.2, 0.25) is 0 Å². The van der Waals surface area contributed by atoms with Gasteiger partial charge in [-0.2, -0.15) is 13.2 Å². The second kappa shape index (κ2) is 14.0. The molecule has 0 atom stereocenters. The first-order chi connectivity index (χ1) is 14.7. The molecule has 0 aliphatic carbocycles. The molecule has 0 aromatic heterocycles. The maximum atomic E-state index is 10.6. The van der Waals surface area contributed by atoms with Gasteiger partial charge in [-0.05, 0) is 23.3 Å². The SMILES string of the molecule is O=C(O)C(F)(F)F.O=C(O)CCNCc1ccc(OCCOCc2ccccc2)cc1. The van der Waals surface area contributed by atoms with E-state index in [-0.39, 0.29) is 6.42 Å². The summed E-state index contributed by atoms with van der Waals surface area (Å²) in [7, 11) is 0. The first-order valence-corrected chi connectivity index (χ1v) is 9.24. The standard InChI is InChI=1S/C19H23NO4.C2HF3O2/c21-19(22)10-11-20-14-16-6-8-18(9-7-16)24-13-12-23-15-17-4-2-1-3-5-17;3-2(4,5)1(6)7/h1-9,20H,10-15H2,(H,21,22);(H,6,7). The summed E-state index contributed by atoms with van der Waals surface area (Å²) < 4.78 is 42.9. The second-order valence-electron chi connectivity index (χ2n) is 6.15. The Morgan fingerprint density at radius 1 is 0.903 bits per heavy atom. The van der Waals surface area contributed by atoms with Crippen molar-refractivity contribution in [3.8, 4) is 5.75 Å². The van der Waals surface area contributed by atoms with E-state index in [1.54, 1.807) is 0 Å². The Balaban J connectivity index is 0.000000592. The lowest BCUT2D eigenvalue weighted by atomic mass is 10.2. The summed E-state index contributed by atoms with van der Waals surface area (Å²) in [5.41, 5.74) is 2.24. The highest BCUT2D eigenvalue weighted by Gasteiger charge is 2.38. The maximum Gasteiger partial charge on any atom is 0.490 e. The van der Waals surface area contributed by atoms with Gasteiger partial charge in [0.1, 0.15) is 12.4 Å². The zero-order chi connectivity index (χ0) is 23.1. The topological polar surface area (TPSA) is 105 Å². The summed E-state index contributed by atoms with van der Waals surface area (Å²) in [5.74, 6) is -2.75. The van der Waals surface area contributed by atoms with E-state index < -0.39 is 18.1 Å². The highest BCUT2D eigenvalue weighted by molar-refractivity contribution is 5.73. The molecule has 0 spiro atoms. The van der Waals surface area contributed by atoms with Crippen LogP contribution in [0.1, 0.15) is 17.5 Å². The van der Waals surface area contributed by atoms with Gasteiger partial charge in [-0.25, -0.2) is 4.79 Å². The molecule has 31 heavy (non-hydrogen) atoms. The van der Waals surface area contributed by atoms with Gasteiger partial charge in [0.15, 0.2) is 0 Å². The van der Waals surface area contributed by atoms with Gasteiger partial charge < -0.3 is 25.0 Å². The van der Waals surface area contributed by atoms with E-state index in [0.29, 0.717) is 32.9 Å². The molecule has 0 fully saturated rings. The lowest BCUT2D eigenvalue weighted by Gasteiger charge is -2.08. The fourth-order valence-corrected chi connectivity index (χ4v) is 2.11. The van der Waals surface area contributed by atoms with E-state index >= 15 is 0 Å². The Labute approximate surface area is 177 Å². The Bertz CT molecular complexity index is 782. The number of hydrogen-bond donors (Lipinski definition) is 3. The van der Waals surface area contributed by atoms with Crippen LogP contribution in [0.25, 0.3) is 0 Å². The van der Waals surface area contributed by atoms with Crippen molar-refractivity contribution in [1.82, 2.24) is 5.32 Å². The molecule has 10 heteroatoms. The molecule has 2 rings (SSSR count). The molecule has 0 saturated carbocycles. The summed E-state index contributed by atoms with van der Waals surface area (Å²) in [6.45, 7) is 2.74. The number of ether oxygens (including phenoxy) is 2. The highest BCUT2D eigenvalue weighted by Crippen LogP contribution is 2.13. The normalized spacial score (nSPS) is 10.7. The number of hydrogen-bond acceptors (Lipinski definition) is 5. The molecule has 7 nitrogen and oxygen atoms in total. The van der Waals surface area contributed by atoms with Crippen LogP contribution < -0.4 is 10.1 Å². The number of carbonyl (C=O) groups is 2. The van der Waals surface area contributed by atoms with E-state index in [0.717, 1.165) is 16.9 Å². The Morgan fingerprint density at radius 3 is 2.06 bits per heavy atom. The second-order valence-corrected chi connectivity index (χ2v) is 6.15. The van der Waals surface area contributed by atoms with Crippen LogP contribution in [-0.4, -0.2) is 48.1 Å². The molecule has 3 N–H and O–H groups in total. The van der Waals surface area contributed by atoms with Crippen molar-refractivity contribution in [3.05, 3.63) is 65.7 Å². The first-order valence-electron chi connectivity index (χ1n) is 9.24. The number of carboxylic acids is 2. The molecule has 2 aromatic rings. The number of halogens is 3. The van der Waals surface area contributed by atoms with E-state index in [9.17, 15) is 18.0 Å². The van der Waals surface area contributed by atoms with Crippen molar-refractivity contribution in [2.75, 3.05) is 19.8 Å². The average Bonchev–Trinajstić information content (AvgIpc) is 2.72. The van der Waals surface area contributed by atoms with Crippen LogP contribution in [-0.2, 0) is 27.5 Å². The minimum atomic E-state index is -5.08. The fraction of sp³-hybridized carbons (Fsp3) is 0.333. The Morgan fingerprint density at radius 2 is 1.52 bits per heavy atom. The average molecular weight is 443 g/mol. The van der Waals surface area contributed by atoms with Gasteiger partial charge in [-0.1, -0.05) is 42.5 Å². The predicted octanol–water partition coefficient (Wildman–Crippen LogP) is 3.48. The van der Waals surface area contributed by atoms with Crippen LogP contribution in [0.3, 0.4) is 0 Å². The number of aliphatic carboxylic acids is 2. The van der Waals surface area contributed by atoms with Gasteiger partial charge in [-0.15, -0.1) is 0 Å². The highest BCUT2D eigenvalue weighted by atomic mass is 19.4. The number of nitrogens with one attached hydrogen (secondary N) is 1. The van der Waals surface area contributed by atoms with Crippen LogP contribution in [0.2, 0.25) is 0 Å². The molecule has 0 aliphatic heterocycles. The van der Waals surface area contributed by atoms with Gasteiger partial charge in [0, 0.05) is 13.1 Å². The molecular weight excluding hydrogens is 419 g/mol. The van der Waals surface area contributed by atoms with E-state index in [1.807, 2.05) is 54.6 Å². The van der Waals surface area contributed by atoms with Crippen LogP contribution >= 0.6 is 0 Å². The summed E-state index contributed by atoms with van der Waals surface area (Å²) >= 11 is 0. The Kier molecular flexibility index (Phi) is 11.7. The van der Waals surface area contributed by atoms with E-state index in [1.165, 1.54) is 0 Å². The molecule has 170 valence electrons. The molecule has 0 saturated heterocycles. The third kappa shape index (κ3) is 12.9. The first kappa shape index (κ1) is 25.9. The lowest BCUT2D eigenvalue weighted by Crippen LogP contribution is -2.21. The molecule has 0 radical (unpaired) electrons. The summed E-state index contributed by atoms with van der Waals surface area (Å²) in [5, 5.41) is 18.8. The quantitative estimate of drug-likeness (QED) is 0.457. The zero-order valence-corrected chi connectivity index (χ0v) is 16.6. The van der Waals surface area contributed by atoms with Crippen molar-refractivity contribution in [2.45, 2.75) is 25.7 Å². The molecule has 0 heterocycles. The monoisotopic (exact) mass is 443 g/mol. The van der Waals surface area contributed by atoms with Crippen LogP contribution in [0.5, 0.6) is 5.75 Å².